The van der Waals surface area contributed by atoms with Crippen molar-refractivity contribution < 1.29 is 9.53 Å². The van der Waals surface area contributed by atoms with Gasteiger partial charge >= 0.3 is 6.09 Å². The lowest BCUT2D eigenvalue weighted by molar-refractivity contribution is 0.206. The Kier molecular flexibility index (Phi) is 4.97. The lowest BCUT2D eigenvalue weighted by Crippen LogP contribution is -2.36. The molecule has 0 spiro atoms. The van der Waals surface area contributed by atoms with E-state index in [1.807, 2.05) is 50.2 Å². The fourth-order valence-corrected chi connectivity index (χ4v) is 3.65. The zero-order valence-electron chi connectivity index (χ0n) is 17.2. The number of amides is 1. The minimum atomic E-state index is -0.380. The van der Waals surface area contributed by atoms with Crippen LogP contribution in [0.2, 0.25) is 0 Å². The standard InChI is InChI=1S/C24H25N3O2/c1-15(2)14-27(24(28)29-18-8-5-7-16(3)13-18)22-10-6-9-21-20(22)12-11-19-17(4)25-26-23(19)21/h5-13,15H,14H2,1-4H3,(H,25,26). The third-order valence-corrected chi connectivity index (χ3v) is 5.00. The summed E-state index contributed by atoms with van der Waals surface area (Å²) in [4.78, 5) is 14.9. The molecule has 0 unspecified atom stereocenters. The second-order valence-electron chi connectivity index (χ2n) is 7.87. The molecule has 148 valence electrons. The highest BCUT2D eigenvalue weighted by molar-refractivity contribution is 6.12. The highest BCUT2D eigenvalue weighted by Crippen LogP contribution is 2.33. The molecular weight excluding hydrogens is 362 g/mol. The van der Waals surface area contributed by atoms with Crippen LogP contribution in [0, 0.1) is 19.8 Å². The van der Waals surface area contributed by atoms with Crippen molar-refractivity contribution in [2.45, 2.75) is 27.7 Å². The SMILES string of the molecule is Cc1cccc(OC(=O)N(CC(C)C)c2cccc3c2ccc2c(C)[nH]nc23)c1. The molecule has 0 atom stereocenters. The topological polar surface area (TPSA) is 58.2 Å². The molecule has 0 saturated heterocycles. The molecule has 4 aromatic rings. The summed E-state index contributed by atoms with van der Waals surface area (Å²) in [5, 5.41) is 10.6. The summed E-state index contributed by atoms with van der Waals surface area (Å²) < 4.78 is 5.72. The van der Waals surface area contributed by atoms with E-state index in [0.717, 1.165) is 38.6 Å². The second kappa shape index (κ2) is 7.59. The van der Waals surface area contributed by atoms with Gasteiger partial charge in [0, 0.05) is 28.4 Å². The largest absolute Gasteiger partial charge is 0.419 e. The average molecular weight is 387 g/mol. The van der Waals surface area contributed by atoms with Crippen LogP contribution in [0.15, 0.2) is 54.6 Å². The molecule has 4 rings (SSSR count). The zero-order valence-corrected chi connectivity index (χ0v) is 17.2. The summed E-state index contributed by atoms with van der Waals surface area (Å²) in [5.74, 6) is 0.834. The lowest BCUT2D eigenvalue weighted by Gasteiger charge is -2.25. The smallest absolute Gasteiger partial charge is 0.410 e. The third-order valence-electron chi connectivity index (χ3n) is 5.00. The van der Waals surface area contributed by atoms with Gasteiger partial charge in [-0.3, -0.25) is 10.00 Å². The molecule has 5 heteroatoms. The maximum Gasteiger partial charge on any atom is 0.419 e. The normalized spacial score (nSPS) is 11.3. The Hall–Kier alpha value is -3.34. The summed E-state index contributed by atoms with van der Waals surface area (Å²) in [7, 11) is 0. The summed E-state index contributed by atoms with van der Waals surface area (Å²) in [6, 6.07) is 17.6. The predicted molar refractivity (Wildman–Crippen MR) is 118 cm³/mol. The van der Waals surface area contributed by atoms with Crippen molar-refractivity contribution >= 4 is 33.5 Å². The molecule has 1 aromatic heterocycles. The Morgan fingerprint density at radius 3 is 2.55 bits per heavy atom. The molecule has 0 radical (unpaired) electrons. The lowest BCUT2D eigenvalue weighted by atomic mass is 10.0. The predicted octanol–water partition coefficient (Wildman–Crippen LogP) is 5.99. The number of carbonyl (C=O) groups excluding carboxylic acids is 1. The quantitative estimate of drug-likeness (QED) is 0.467. The number of rotatable bonds is 4. The first-order valence-corrected chi connectivity index (χ1v) is 9.86. The van der Waals surface area contributed by atoms with E-state index in [4.69, 9.17) is 4.74 Å². The van der Waals surface area contributed by atoms with Crippen LogP contribution < -0.4 is 9.64 Å². The van der Waals surface area contributed by atoms with Gasteiger partial charge in [-0.05, 0) is 43.5 Å². The zero-order chi connectivity index (χ0) is 20.5. The molecule has 29 heavy (non-hydrogen) atoms. The Morgan fingerprint density at radius 2 is 1.79 bits per heavy atom. The van der Waals surface area contributed by atoms with E-state index in [9.17, 15) is 4.79 Å². The van der Waals surface area contributed by atoms with Crippen LogP contribution in [0.25, 0.3) is 21.7 Å². The highest BCUT2D eigenvalue weighted by Gasteiger charge is 2.22. The number of hydrogen-bond acceptors (Lipinski definition) is 3. The van der Waals surface area contributed by atoms with E-state index in [0.29, 0.717) is 12.3 Å². The Labute approximate surface area is 170 Å². The first kappa shape index (κ1) is 19.0. The number of hydrogen-bond donors (Lipinski definition) is 1. The van der Waals surface area contributed by atoms with Crippen LogP contribution in [-0.2, 0) is 0 Å². The molecular formula is C24H25N3O2. The number of aromatic nitrogens is 2. The van der Waals surface area contributed by atoms with Crippen molar-refractivity contribution in [3.8, 4) is 5.75 Å². The van der Waals surface area contributed by atoms with Gasteiger partial charge < -0.3 is 4.74 Å². The number of ether oxygens (including phenoxy) is 1. The fourth-order valence-electron chi connectivity index (χ4n) is 3.65. The number of nitrogens with zero attached hydrogens (tertiary/aromatic N) is 2. The van der Waals surface area contributed by atoms with Crippen molar-refractivity contribution in [3.63, 3.8) is 0 Å². The number of aryl methyl sites for hydroxylation is 2. The van der Waals surface area contributed by atoms with Gasteiger partial charge in [-0.2, -0.15) is 5.10 Å². The summed E-state index contributed by atoms with van der Waals surface area (Å²) in [6.07, 6.45) is -0.380. The first-order chi connectivity index (χ1) is 13.9. The Morgan fingerprint density at radius 1 is 1.03 bits per heavy atom. The van der Waals surface area contributed by atoms with Gasteiger partial charge in [0.1, 0.15) is 11.3 Å². The molecule has 0 aliphatic carbocycles. The molecule has 0 aliphatic heterocycles. The van der Waals surface area contributed by atoms with Crippen molar-refractivity contribution in [2.24, 2.45) is 5.92 Å². The molecule has 1 amide bonds. The van der Waals surface area contributed by atoms with Crippen LogP contribution in [0.4, 0.5) is 10.5 Å². The molecule has 0 aliphatic rings. The van der Waals surface area contributed by atoms with E-state index in [1.54, 1.807) is 11.0 Å². The molecule has 5 nitrogen and oxygen atoms in total. The van der Waals surface area contributed by atoms with Crippen molar-refractivity contribution in [3.05, 3.63) is 65.9 Å². The monoisotopic (exact) mass is 387 g/mol. The summed E-state index contributed by atoms with van der Waals surface area (Å²) in [5.41, 5.74) is 3.83. The molecule has 1 heterocycles. The number of nitrogens with one attached hydrogen (secondary N) is 1. The van der Waals surface area contributed by atoms with Crippen molar-refractivity contribution in [1.82, 2.24) is 10.2 Å². The molecule has 3 aromatic carbocycles. The fraction of sp³-hybridized carbons (Fsp3) is 0.250. The van der Waals surface area contributed by atoms with Gasteiger partial charge in [0.05, 0.1) is 5.69 Å². The molecule has 0 saturated carbocycles. The number of benzene rings is 3. The van der Waals surface area contributed by atoms with Gasteiger partial charge in [-0.1, -0.05) is 50.2 Å². The number of anilines is 1. The van der Waals surface area contributed by atoms with Gasteiger partial charge in [0.2, 0.25) is 0 Å². The van der Waals surface area contributed by atoms with Crippen LogP contribution >= 0.6 is 0 Å². The maximum atomic E-state index is 13.2. The Balaban J connectivity index is 1.79. The number of carbonyl (C=O) groups is 1. The molecule has 0 fully saturated rings. The van der Waals surface area contributed by atoms with Crippen LogP contribution in [0.5, 0.6) is 5.75 Å². The van der Waals surface area contributed by atoms with Crippen LogP contribution in [0.3, 0.4) is 0 Å². The van der Waals surface area contributed by atoms with Crippen molar-refractivity contribution in [2.75, 3.05) is 11.4 Å². The molecule has 1 N–H and O–H groups in total. The van der Waals surface area contributed by atoms with Gasteiger partial charge in [-0.25, -0.2) is 4.79 Å². The first-order valence-electron chi connectivity index (χ1n) is 9.86. The van der Waals surface area contributed by atoms with Gasteiger partial charge in [-0.15, -0.1) is 0 Å². The Bertz CT molecular complexity index is 1190. The second-order valence-corrected chi connectivity index (χ2v) is 7.87. The van der Waals surface area contributed by atoms with Gasteiger partial charge in [0.25, 0.3) is 0 Å². The minimum Gasteiger partial charge on any atom is -0.410 e. The van der Waals surface area contributed by atoms with E-state index in [2.05, 4.69) is 36.2 Å². The van der Waals surface area contributed by atoms with Crippen molar-refractivity contribution in [1.29, 1.82) is 0 Å². The van der Waals surface area contributed by atoms with E-state index < -0.39 is 0 Å². The van der Waals surface area contributed by atoms with E-state index in [-0.39, 0.29) is 12.0 Å². The minimum absolute atomic E-state index is 0.284. The van der Waals surface area contributed by atoms with E-state index >= 15 is 0 Å². The number of H-pyrrole nitrogens is 1. The number of fused-ring (bicyclic) bond motifs is 3. The molecule has 0 bridgehead atoms. The highest BCUT2D eigenvalue weighted by atomic mass is 16.6. The summed E-state index contributed by atoms with van der Waals surface area (Å²) >= 11 is 0. The van der Waals surface area contributed by atoms with Crippen LogP contribution in [0.1, 0.15) is 25.1 Å². The number of aromatic amines is 1. The maximum absolute atomic E-state index is 13.2. The van der Waals surface area contributed by atoms with E-state index in [1.165, 1.54) is 0 Å². The van der Waals surface area contributed by atoms with Crippen LogP contribution in [-0.4, -0.2) is 22.8 Å². The van der Waals surface area contributed by atoms with Gasteiger partial charge in [0.15, 0.2) is 0 Å². The third kappa shape index (κ3) is 3.68. The average Bonchev–Trinajstić information content (AvgIpc) is 3.07. The summed E-state index contributed by atoms with van der Waals surface area (Å²) in [6.45, 7) is 8.72.